The maximum absolute atomic E-state index is 14.4. The number of urea groups is 1. The van der Waals surface area contributed by atoms with Gasteiger partial charge in [-0.25, -0.2) is 9.00 Å². The Hall–Kier alpha value is -3.12. The first-order valence-corrected chi connectivity index (χ1v) is 20.0. The zero-order chi connectivity index (χ0) is 35.0. The molecule has 270 valence electrons. The van der Waals surface area contributed by atoms with Crippen molar-refractivity contribution in [2.75, 3.05) is 44.6 Å². The first-order valence-electron chi connectivity index (χ1n) is 18.0. The standard InChI is InChI=1S/C38H49ClN4O6S/c1-24-6-4-8-34(48-3)31-12-9-27(31)20-43-22-38(15-5-7-25-16-28(39)11-13-32(25)38)23-49-35-14-10-26(17-33(35)43)36(44)41-50(46,21-24)42-37(45)40-29-18-30(19-29)47-2/h4,8,10-11,13-14,16-17,24,27,29-31,34H,5-7,9,12,15,18-23H2,1-3H3,(H2,40,41,42,44,45,46)/b8-4-/t24-,27-,29?,30?,31+,34-,38-,50?/m0/s1. The number of methoxy groups -OCH3 is 2. The zero-order valence-electron chi connectivity index (χ0n) is 29.2. The molecule has 1 spiro atoms. The van der Waals surface area contributed by atoms with Crippen LogP contribution in [0.15, 0.2) is 52.9 Å². The maximum atomic E-state index is 14.4. The van der Waals surface area contributed by atoms with Crippen molar-refractivity contribution >= 4 is 39.1 Å². The van der Waals surface area contributed by atoms with E-state index in [0.29, 0.717) is 49.0 Å². The van der Waals surface area contributed by atoms with Crippen molar-refractivity contribution in [3.63, 3.8) is 0 Å². The topological polar surface area (TPSA) is 119 Å². The second-order valence-corrected chi connectivity index (χ2v) is 17.5. The summed E-state index contributed by atoms with van der Waals surface area (Å²) in [4.78, 5) is 29.4. The predicted molar refractivity (Wildman–Crippen MR) is 195 cm³/mol. The molecule has 2 fully saturated rings. The summed E-state index contributed by atoms with van der Waals surface area (Å²) in [6.07, 6.45) is 11.4. The number of ether oxygens (including phenoxy) is 3. The van der Waals surface area contributed by atoms with E-state index in [1.54, 1.807) is 20.3 Å². The number of hydrogen-bond acceptors (Lipinski definition) is 7. The Kier molecular flexibility index (Phi) is 10.2. The van der Waals surface area contributed by atoms with Gasteiger partial charge in [0.2, 0.25) is 0 Å². The third-order valence-corrected chi connectivity index (χ3v) is 13.8. The van der Waals surface area contributed by atoms with Crippen LogP contribution in [0.2, 0.25) is 5.02 Å². The first-order chi connectivity index (χ1) is 24.1. The highest BCUT2D eigenvalue weighted by Crippen LogP contribution is 2.47. The largest absolute Gasteiger partial charge is 0.490 e. The van der Waals surface area contributed by atoms with Gasteiger partial charge in [0.05, 0.1) is 30.3 Å². The molecule has 10 nitrogen and oxygen atoms in total. The Balaban J connectivity index is 1.26. The molecule has 5 aliphatic rings. The molecule has 0 radical (unpaired) electrons. The summed E-state index contributed by atoms with van der Waals surface area (Å²) in [6.45, 7) is 3.98. The highest BCUT2D eigenvalue weighted by atomic mass is 35.5. The number of hydrogen-bond donors (Lipinski definition) is 2. The summed E-state index contributed by atoms with van der Waals surface area (Å²) in [5.41, 5.74) is 3.43. The minimum atomic E-state index is -3.48. The minimum Gasteiger partial charge on any atom is -0.490 e. The smallest absolute Gasteiger partial charge is 0.327 e. The summed E-state index contributed by atoms with van der Waals surface area (Å²) in [5, 5.41) is 3.61. The fourth-order valence-electron chi connectivity index (χ4n) is 8.60. The SMILES string of the molecule is COC1CC(NC(=O)NS2(=O)=NC(=O)c3ccc4c(c3)N(C[C@@H]3CC[C@H]3[C@@H](OC)/C=C\C[C@H](C)C2)C[C@@]2(CCCc3cc(Cl)ccc32)CO4)C1. The molecular weight excluding hydrogens is 676 g/mol. The van der Waals surface area contributed by atoms with Gasteiger partial charge in [-0.2, -0.15) is 0 Å². The molecule has 2 aliphatic heterocycles. The number of nitrogens with one attached hydrogen (secondary N) is 2. The van der Waals surface area contributed by atoms with Crippen molar-refractivity contribution in [2.24, 2.45) is 22.1 Å². The molecule has 2 bridgehead atoms. The Morgan fingerprint density at radius 2 is 1.98 bits per heavy atom. The Morgan fingerprint density at radius 1 is 1.14 bits per heavy atom. The van der Waals surface area contributed by atoms with E-state index in [9.17, 15) is 13.8 Å². The summed E-state index contributed by atoms with van der Waals surface area (Å²) in [5.74, 6) is 0.721. The fourth-order valence-corrected chi connectivity index (χ4v) is 10.6. The van der Waals surface area contributed by atoms with Crippen molar-refractivity contribution < 1.29 is 28.0 Å². The number of nitrogens with zero attached hydrogens (tertiary/aromatic N) is 2. The van der Waals surface area contributed by atoms with Crippen LogP contribution in [-0.2, 0) is 31.2 Å². The molecule has 50 heavy (non-hydrogen) atoms. The van der Waals surface area contributed by atoms with E-state index >= 15 is 0 Å². The number of allylic oxidation sites excluding steroid dienone is 1. The van der Waals surface area contributed by atoms with Gasteiger partial charge in [-0.1, -0.05) is 36.7 Å². The van der Waals surface area contributed by atoms with Crippen molar-refractivity contribution in [3.8, 4) is 5.75 Å². The number of anilines is 1. The van der Waals surface area contributed by atoms with E-state index in [1.165, 1.54) is 11.1 Å². The van der Waals surface area contributed by atoms with Crippen LogP contribution in [-0.4, -0.2) is 74.1 Å². The van der Waals surface area contributed by atoms with Gasteiger partial charge in [0.25, 0.3) is 5.91 Å². The molecule has 2 aromatic carbocycles. The number of fused-ring (bicyclic) bond motifs is 4. The molecule has 2 saturated carbocycles. The molecule has 2 heterocycles. The van der Waals surface area contributed by atoms with Crippen LogP contribution in [0.3, 0.4) is 0 Å². The third-order valence-electron chi connectivity index (χ3n) is 11.5. The molecule has 6 atom stereocenters. The van der Waals surface area contributed by atoms with Crippen LogP contribution >= 0.6 is 11.6 Å². The number of carbonyl (C=O) groups excluding carboxylic acids is 2. The van der Waals surface area contributed by atoms with Crippen LogP contribution in [0.1, 0.15) is 73.4 Å². The van der Waals surface area contributed by atoms with E-state index in [0.717, 1.165) is 55.9 Å². The van der Waals surface area contributed by atoms with E-state index in [1.807, 2.05) is 25.1 Å². The second kappa shape index (κ2) is 14.5. The van der Waals surface area contributed by atoms with Crippen molar-refractivity contribution in [1.82, 2.24) is 10.0 Å². The summed E-state index contributed by atoms with van der Waals surface area (Å²) in [6, 6.07) is 10.9. The normalized spacial score (nSPS) is 34.4. The van der Waals surface area contributed by atoms with Crippen LogP contribution in [0.4, 0.5) is 10.5 Å². The molecule has 3 amide bonds. The maximum Gasteiger partial charge on any atom is 0.327 e. The highest BCUT2D eigenvalue weighted by molar-refractivity contribution is 7.92. The third kappa shape index (κ3) is 7.29. The quantitative estimate of drug-likeness (QED) is 0.348. The second-order valence-electron chi connectivity index (χ2n) is 15.1. The van der Waals surface area contributed by atoms with Gasteiger partial charge in [0.1, 0.15) is 15.7 Å². The fraction of sp³-hybridized carbons (Fsp3) is 0.579. The van der Waals surface area contributed by atoms with Gasteiger partial charge in [0.15, 0.2) is 0 Å². The van der Waals surface area contributed by atoms with Gasteiger partial charge in [-0.15, -0.1) is 4.36 Å². The van der Waals surface area contributed by atoms with E-state index in [4.69, 9.17) is 25.8 Å². The lowest BCUT2D eigenvalue weighted by Gasteiger charge is -2.46. The predicted octanol–water partition coefficient (Wildman–Crippen LogP) is 6.45. The highest BCUT2D eigenvalue weighted by Gasteiger charge is 2.44. The first kappa shape index (κ1) is 35.3. The molecule has 0 aromatic heterocycles. The van der Waals surface area contributed by atoms with Crippen LogP contribution in [0.5, 0.6) is 5.75 Å². The van der Waals surface area contributed by atoms with Gasteiger partial charge in [0, 0.05) is 49.4 Å². The lowest BCUT2D eigenvalue weighted by Crippen LogP contribution is -2.52. The molecule has 0 saturated heterocycles. The molecule has 7 rings (SSSR count). The van der Waals surface area contributed by atoms with Crippen LogP contribution in [0.25, 0.3) is 0 Å². The molecule has 2 aromatic rings. The minimum absolute atomic E-state index is 0.0255. The van der Waals surface area contributed by atoms with Gasteiger partial charge in [-0.3, -0.25) is 9.52 Å². The average Bonchev–Trinajstić information content (AvgIpc) is 3.20. The number of rotatable bonds is 4. The average molecular weight is 725 g/mol. The van der Waals surface area contributed by atoms with Crippen molar-refractivity contribution in [2.45, 2.75) is 82.0 Å². The number of aryl methyl sites for hydroxylation is 1. The lowest BCUT2D eigenvalue weighted by molar-refractivity contribution is 0.0131. The van der Waals surface area contributed by atoms with Gasteiger partial charge < -0.3 is 24.4 Å². The number of carbonyl (C=O) groups is 2. The molecule has 12 heteroatoms. The van der Waals surface area contributed by atoms with Gasteiger partial charge >= 0.3 is 6.03 Å². The van der Waals surface area contributed by atoms with Gasteiger partial charge in [-0.05, 0) is 111 Å². The van der Waals surface area contributed by atoms with E-state index < -0.39 is 21.9 Å². The molecular formula is C38H49ClN4O6S. The lowest BCUT2D eigenvalue weighted by atomic mass is 9.68. The van der Waals surface area contributed by atoms with Crippen LogP contribution < -0.4 is 19.7 Å². The van der Waals surface area contributed by atoms with E-state index in [-0.39, 0.29) is 35.3 Å². The molecule has 2 N–H and O–H groups in total. The van der Waals surface area contributed by atoms with Crippen molar-refractivity contribution in [1.29, 1.82) is 0 Å². The summed E-state index contributed by atoms with van der Waals surface area (Å²) in [7, 11) is -0.0663. The Labute approximate surface area is 300 Å². The van der Waals surface area contributed by atoms with Crippen molar-refractivity contribution in [3.05, 3.63) is 70.3 Å². The Bertz CT molecular complexity index is 1770. The molecule has 1 unspecified atom stereocenters. The number of amides is 3. The summed E-state index contributed by atoms with van der Waals surface area (Å²) >= 11 is 6.45. The van der Waals surface area contributed by atoms with Crippen LogP contribution in [0, 0.1) is 17.8 Å². The number of benzene rings is 2. The monoisotopic (exact) mass is 724 g/mol. The summed E-state index contributed by atoms with van der Waals surface area (Å²) < 4.78 is 39.3. The number of halogens is 1. The van der Waals surface area contributed by atoms with E-state index in [2.05, 4.69) is 43.6 Å². The zero-order valence-corrected chi connectivity index (χ0v) is 30.8. The Morgan fingerprint density at radius 3 is 2.74 bits per heavy atom. The molecule has 3 aliphatic carbocycles.